The van der Waals surface area contributed by atoms with Crippen molar-refractivity contribution >= 4 is 28.2 Å². The Balaban J connectivity index is 1.71. The van der Waals surface area contributed by atoms with Crippen LogP contribution in [-0.4, -0.2) is 25.5 Å². The number of aromatic nitrogens is 4. The fourth-order valence-corrected chi connectivity index (χ4v) is 3.13. The van der Waals surface area contributed by atoms with Crippen LogP contribution in [0.3, 0.4) is 0 Å². The molecule has 0 fully saturated rings. The van der Waals surface area contributed by atoms with Crippen LogP contribution in [-0.2, 0) is 6.54 Å². The Labute approximate surface area is 146 Å². The molecule has 6 heteroatoms. The molecule has 0 saturated heterocycles. The van der Waals surface area contributed by atoms with Gasteiger partial charge in [0.25, 0.3) is 0 Å². The van der Waals surface area contributed by atoms with Gasteiger partial charge in [-0.3, -0.25) is 0 Å². The molecule has 0 unspecified atom stereocenters. The lowest BCUT2D eigenvalue weighted by Crippen LogP contribution is -2.08. The van der Waals surface area contributed by atoms with Crippen molar-refractivity contribution in [3.63, 3.8) is 0 Å². The second-order valence-electron chi connectivity index (χ2n) is 6.26. The zero-order valence-electron chi connectivity index (χ0n) is 14.3. The molecule has 0 aliphatic carbocycles. The van der Waals surface area contributed by atoms with E-state index in [-0.39, 0.29) is 0 Å². The lowest BCUT2D eigenvalue weighted by atomic mass is 10.3. The fourth-order valence-electron chi connectivity index (χ4n) is 3.13. The molecular formula is C19H22N6. The van der Waals surface area contributed by atoms with Crippen molar-refractivity contribution < 1.29 is 0 Å². The van der Waals surface area contributed by atoms with Crippen LogP contribution < -0.4 is 11.1 Å². The standard InChI is InChI=1S/C19H22N6/c1-2-3-8-21-19-18-14(11-16(20)23-19)7-10-25(18)13-15-12-24-9-5-4-6-17(24)22-15/h4-7,9-12H,2-3,8,13H2,1H3,(H3,20,21,23). The molecule has 0 spiro atoms. The molecule has 0 saturated carbocycles. The summed E-state index contributed by atoms with van der Waals surface area (Å²) in [5, 5.41) is 4.52. The van der Waals surface area contributed by atoms with E-state index in [1.165, 1.54) is 0 Å². The first-order chi connectivity index (χ1) is 12.2. The first-order valence-electron chi connectivity index (χ1n) is 8.66. The Kier molecular flexibility index (Phi) is 4.01. The highest BCUT2D eigenvalue weighted by Gasteiger charge is 2.11. The average Bonchev–Trinajstić information content (AvgIpc) is 3.18. The van der Waals surface area contributed by atoms with Gasteiger partial charge in [-0.15, -0.1) is 0 Å². The fraction of sp³-hybridized carbons (Fsp3) is 0.263. The summed E-state index contributed by atoms with van der Waals surface area (Å²) in [6.45, 7) is 3.76. The van der Waals surface area contributed by atoms with Gasteiger partial charge < -0.3 is 20.0 Å². The van der Waals surface area contributed by atoms with Crippen LogP contribution in [0.25, 0.3) is 16.6 Å². The number of unbranched alkanes of at least 4 members (excludes halogenated alkanes) is 1. The molecule has 0 bridgehead atoms. The molecule has 25 heavy (non-hydrogen) atoms. The van der Waals surface area contributed by atoms with E-state index in [2.05, 4.69) is 40.3 Å². The predicted octanol–water partition coefficient (Wildman–Crippen LogP) is 3.53. The van der Waals surface area contributed by atoms with Crippen LogP contribution in [0, 0.1) is 0 Å². The first-order valence-corrected chi connectivity index (χ1v) is 8.66. The van der Waals surface area contributed by atoms with Crippen LogP contribution >= 0.6 is 0 Å². The first kappa shape index (κ1) is 15.5. The number of nitrogens with zero attached hydrogens (tertiary/aromatic N) is 4. The van der Waals surface area contributed by atoms with E-state index < -0.39 is 0 Å². The van der Waals surface area contributed by atoms with Crippen LogP contribution in [0.5, 0.6) is 0 Å². The molecule has 0 radical (unpaired) electrons. The maximum absolute atomic E-state index is 5.97. The Morgan fingerprint density at radius 2 is 2.08 bits per heavy atom. The maximum Gasteiger partial charge on any atom is 0.153 e. The molecule has 3 N–H and O–H groups in total. The quantitative estimate of drug-likeness (QED) is 0.529. The summed E-state index contributed by atoms with van der Waals surface area (Å²) in [6, 6.07) is 10.0. The number of nitrogens with one attached hydrogen (secondary N) is 1. The highest BCUT2D eigenvalue weighted by atomic mass is 15.1. The number of fused-ring (bicyclic) bond motifs is 2. The van der Waals surface area contributed by atoms with Crippen molar-refractivity contribution in [3.05, 3.63) is 54.6 Å². The number of anilines is 2. The van der Waals surface area contributed by atoms with Crippen LogP contribution in [0.1, 0.15) is 25.5 Å². The van der Waals surface area contributed by atoms with Crippen LogP contribution in [0.15, 0.2) is 48.9 Å². The van der Waals surface area contributed by atoms with E-state index in [1.54, 1.807) is 0 Å². The zero-order chi connectivity index (χ0) is 17.2. The van der Waals surface area contributed by atoms with Crippen molar-refractivity contribution in [2.24, 2.45) is 0 Å². The third-order valence-corrected chi connectivity index (χ3v) is 4.33. The third kappa shape index (κ3) is 3.03. The van der Waals surface area contributed by atoms with Gasteiger partial charge in [0.2, 0.25) is 0 Å². The molecule has 0 atom stereocenters. The molecule has 128 valence electrons. The molecular weight excluding hydrogens is 312 g/mol. The number of rotatable bonds is 6. The summed E-state index contributed by atoms with van der Waals surface area (Å²) < 4.78 is 4.22. The highest BCUT2D eigenvalue weighted by Crippen LogP contribution is 2.26. The van der Waals surface area contributed by atoms with Gasteiger partial charge in [0.1, 0.15) is 11.5 Å². The van der Waals surface area contributed by atoms with Gasteiger partial charge in [-0.2, -0.15) is 0 Å². The monoisotopic (exact) mass is 334 g/mol. The van der Waals surface area contributed by atoms with Gasteiger partial charge in [-0.1, -0.05) is 19.4 Å². The van der Waals surface area contributed by atoms with Gasteiger partial charge in [0.15, 0.2) is 5.82 Å². The predicted molar refractivity (Wildman–Crippen MR) is 102 cm³/mol. The summed E-state index contributed by atoms with van der Waals surface area (Å²) in [4.78, 5) is 9.20. The largest absolute Gasteiger partial charge is 0.384 e. The van der Waals surface area contributed by atoms with E-state index in [9.17, 15) is 0 Å². The molecule has 4 aromatic heterocycles. The minimum atomic E-state index is 0.539. The number of hydrogen-bond acceptors (Lipinski definition) is 4. The Bertz CT molecular complexity index is 980. The van der Waals surface area contributed by atoms with Gasteiger partial charge >= 0.3 is 0 Å². The Morgan fingerprint density at radius 3 is 2.92 bits per heavy atom. The van der Waals surface area contributed by atoms with Gasteiger partial charge in [0, 0.05) is 30.5 Å². The number of pyridine rings is 2. The molecule has 4 rings (SSSR count). The zero-order valence-corrected chi connectivity index (χ0v) is 14.3. The van der Waals surface area contributed by atoms with Crippen molar-refractivity contribution in [1.82, 2.24) is 18.9 Å². The van der Waals surface area contributed by atoms with E-state index in [0.717, 1.165) is 47.4 Å². The number of nitrogen functional groups attached to an aromatic ring is 1. The smallest absolute Gasteiger partial charge is 0.153 e. The van der Waals surface area contributed by atoms with E-state index >= 15 is 0 Å². The normalized spacial score (nSPS) is 11.4. The number of hydrogen-bond donors (Lipinski definition) is 2. The summed E-state index contributed by atoms with van der Waals surface area (Å²) in [5.74, 6) is 1.38. The van der Waals surface area contributed by atoms with Crippen molar-refractivity contribution in [1.29, 1.82) is 0 Å². The van der Waals surface area contributed by atoms with Crippen molar-refractivity contribution in [3.8, 4) is 0 Å². The topological polar surface area (TPSA) is 73.2 Å². The maximum atomic E-state index is 5.97. The molecule has 0 aromatic carbocycles. The summed E-state index contributed by atoms with van der Waals surface area (Å²) in [6.07, 6.45) is 8.39. The highest BCUT2D eigenvalue weighted by molar-refractivity contribution is 5.91. The van der Waals surface area contributed by atoms with Crippen molar-refractivity contribution in [2.75, 3.05) is 17.6 Å². The van der Waals surface area contributed by atoms with Crippen molar-refractivity contribution in [2.45, 2.75) is 26.3 Å². The Hall–Kier alpha value is -3.02. The van der Waals surface area contributed by atoms with Gasteiger partial charge in [0.05, 0.1) is 17.8 Å². The number of imidazole rings is 1. The minimum absolute atomic E-state index is 0.539. The summed E-state index contributed by atoms with van der Waals surface area (Å²) in [7, 11) is 0. The SMILES string of the molecule is CCCCNc1nc(N)cc2ccn(Cc3cn4ccccc4n3)c12. The van der Waals surface area contributed by atoms with E-state index in [4.69, 9.17) is 10.7 Å². The summed E-state index contributed by atoms with van der Waals surface area (Å²) in [5.41, 5.74) is 9.01. The van der Waals surface area contributed by atoms with Gasteiger partial charge in [-0.05, 0) is 30.7 Å². The lowest BCUT2D eigenvalue weighted by molar-refractivity contribution is 0.808. The minimum Gasteiger partial charge on any atom is -0.384 e. The lowest BCUT2D eigenvalue weighted by Gasteiger charge is -2.11. The number of nitrogens with two attached hydrogens (primary N) is 1. The molecule has 0 amide bonds. The Morgan fingerprint density at radius 1 is 1.16 bits per heavy atom. The second kappa shape index (κ2) is 6.47. The molecule has 6 nitrogen and oxygen atoms in total. The van der Waals surface area contributed by atoms with Crippen LogP contribution in [0.2, 0.25) is 0 Å². The van der Waals surface area contributed by atoms with E-state index in [1.807, 2.05) is 34.9 Å². The van der Waals surface area contributed by atoms with E-state index in [0.29, 0.717) is 12.4 Å². The molecule has 4 heterocycles. The molecule has 0 aliphatic rings. The van der Waals surface area contributed by atoms with Gasteiger partial charge in [-0.25, -0.2) is 9.97 Å². The third-order valence-electron chi connectivity index (χ3n) is 4.33. The van der Waals surface area contributed by atoms with Crippen LogP contribution in [0.4, 0.5) is 11.6 Å². The average molecular weight is 334 g/mol. The summed E-state index contributed by atoms with van der Waals surface area (Å²) >= 11 is 0. The second-order valence-corrected chi connectivity index (χ2v) is 6.26. The molecule has 0 aliphatic heterocycles. The molecule has 4 aromatic rings.